The van der Waals surface area contributed by atoms with Gasteiger partial charge in [0.1, 0.15) is 0 Å². The molecule has 0 bridgehead atoms. The number of nitrogens with zero attached hydrogens (tertiary/aromatic N) is 1. The fourth-order valence-electron chi connectivity index (χ4n) is 2.49. The molecule has 0 heterocycles. The van der Waals surface area contributed by atoms with Crippen LogP contribution in [-0.4, -0.2) is 23.9 Å². The smallest absolute Gasteiger partial charge is 0.249 e. The van der Waals surface area contributed by atoms with E-state index in [0.29, 0.717) is 12.1 Å². The monoisotopic (exact) mass is 293 g/mol. The first-order valence-electron chi connectivity index (χ1n) is 8.69. The van der Waals surface area contributed by atoms with Crippen LogP contribution in [0.1, 0.15) is 78.1 Å². The zero-order chi connectivity index (χ0) is 15.9. The Balaban J connectivity index is 3.56. The molecule has 0 saturated carbocycles. The van der Waals surface area contributed by atoms with E-state index >= 15 is 0 Å². The molecule has 0 fully saturated rings. The Morgan fingerprint density at radius 1 is 0.952 bits per heavy atom. The second-order valence-corrected chi connectivity index (χ2v) is 6.00. The molecule has 122 valence electrons. The lowest BCUT2D eigenvalue weighted by Gasteiger charge is -2.21. The van der Waals surface area contributed by atoms with E-state index in [2.05, 4.69) is 20.1 Å². The van der Waals surface area contributed by atoms with E-state index in [1.54, 1.807) is 13.0 Å². The van der Waals surface area contributed by atoms with Gasteiger partial charge in [-0.25, -0.2) is 0 Å². The van der Waals surface area contributed by atoms with E-state index in [4.69, 9.17) is 0 Å². The predicted octanol–water partition coefficient (Wildman–Crippen LogP) is 5.50. The maximum absolute atomic E-state index is 11.9. The Labute approximate surface area is 132 Å². The summed E-state index contributed by atoms with van der Waals surface area (Å²) in [4.78, 5) is 13.8. The minimum Gasteiger partial charge on any atom is -0.335 e. The van der Waals surface area contributed by atoms with Crippen LogP contribution in [-0.2, 0) is 4.79 Å². The van der Waals surface area contributed by atoms with Crippen LogP contribution in [0.15, 0.2) is 24.8 Å². The fraction of sp³-hybridized carbons (Fsp3) is 0.737. The first-order valence-corrected chi connectivity index (χ1v) is 8.69. The predicted molar refractivity (Wildman–Crippen MR) is 93.4 cm³/mol. The van der Waals surface area contributed by atoms with Crippen LogP contribution in [0.5, 0.6) is 0 Å². The van der Waals surface area contributed by atoms with Gasteiger partial charge in [-0.1, -0.05) is 77.4 Å². The molecule has 0 saturated heterocycles. The van der Waals surface area contributed by atoms with Crippen LogP contribution in [0, 0.1) is 0 Å². The molecule has 0 aliphatic carbocycles. The van der Waals surface area contributed by atoms with Crippen LogP contribution >= 0.6 is 0 Å². The Hall–Kier alpha value is -1.05. The maximum Gasteiger partial charge on any atom is 0.249 e. The topological polar surface area (TPSA) is 20.3 Å². The highest BCUT2D eigenvalue weighted by Gasteiger charge is 2.11. The summed E-state index contributed by atoms with van der Waals surface area (Å²) in [6.07, 6.45) is 15.0. The average Bonchev–Trinajstić information content (AvgIpc) is 2.47. The SMILES string of the molecule is C=CCN(CCCCCCCCCCCC)C(=O)C(=C)C. The molecule has 0 aliphatic rings. The number of carbonyl (C=O) groups excluding carboxylic acids is 1. The van der Waals surface area contributed by atoms with Gasteiger partial charge in [0.05, 0.1) is 0 Å². The summed E-state index contributed by atoms with van der Waals surface area (Å²) in [5.41, 5.74) is 0.615. The summed E-state index contributed by atoms with van der Waals surface area (Å²) in [6, 6.07) is 0. The van der Waals surface area contributed by atoms with E-state index in [0.717, 1.165) is 13.0 Å². The Morgan fingerprint density at radius 3 is 1.86 bits per heavy atom. The van der Waals surface area contributed by atoms with Gasteiger partial charge in [0.2, 0.25) is 5.91 Å². The number of carbonyl (C=O) groups is 1. The van der Waals surface area contributed by atoms with Crippen molar-refractivity contribution in [1.82, 2.24) is 4.90 Å². The lowest BCUT2D eigenvalue weighted by atomic mass is 10.1. The van der Waals surface area contributed by atoms with E-state index < -0.39 is 0 Å². The summed E-state index contributed by atoms with van der Waals surface area (Å²) in [7, 11) is 0. The largest absolute Gasteiger partial charge is 0.335 e. The maximum atomic E-state index is 11.9. The molecule has 0 radical (unpaired) electrons. The minimum absolute atomic E-state index is 0.0609. The Bertz CT molecular complexity index is 296. The summed E-state index contributed by atoms with van der Waals surface area (Å²) >= 11 is 0. The molecular weight excluding hydrogens is 258 g/mol. The van der Waals surface area contributed by atoms with Crippen molar-refractivity contribution in [2.24, 2.45) is 0 Å². The Morgan fingerprint density at radius 2 is 1.43 bits per heavy atom. The molecule has 0 rings (SSSR count). The van der Waals surface area contributed by atoms with Gasteiger partial charge in [-0.15, -0.1) is 6.58 Å². The number of hydrogen-bond donors (Lipinski definition) is 0. The molecule has 0 aromatic rings. The van der Waals surface area contributed by atoms with Gasteiger partial charge in [0, 0.05) is 18.7 Å². The van der Waals surface area contributed by atoms with Crippen molar-refractivity contribution in [2.45, 2.75) is 78.1 Å². The van der Waals surface area contributed by atoms with Crippen molar-refractivity contribution in [1.29, 1.82) is 0 Å². The number of amides is 1. The lowest BCUT2D eigenvalue weighted by molar-refractivity contribution is -0.126. The molecule has 0 aromatic carbocycles. The van der Waals surface area contributed by atoms with Crippen molar-refractivity contribution >= 4 is 5.91 Å². The van der Waals surface area contributed by atoms with Crippen molar-refractivity contribution in [3.63, 3.8) is 0 Å². The van der Waals surface area contributed by atoms with Crippen molar-refractivity contribution in [2.75, 3.05) is 13.1 Å². The summed E-state index contributed by atoms with van der Waals surface area (Å²) in [6.45, 7) is 12.9. The van der Waals surface area contributed by atoms with Crippen LogP contribution < -0.4 is 0 Å². The van der Waals surface area contributed by atoms with E-state index in [1.807, 2.05) is 4.90 Å². The Kier molecular flexibility index (Phi) is 13.2. The van der Waals surface area contributed by atoms with Crippen LogP contribution in [0.4, 0.5) is 0 Å². The zero-order valence-corrected chi connectivity index (χ0v) is 14.3. The van der Waals surface area contributed by atoms with Gasteiger partial charge in [0.15, 0.2) is 0 Å². The third-order valence-corrected chi connectivity index (χ3v) is 3.78. The summed E-state index contributed by atoms with van der Waals surface area (Å²) in [5.74, 6) is 0.0609. The number of unbranched alkanes of at least 4 members (excludes halogenated alkanes) is 9. The van der Waals surface area contributed by atoms with E-state index in [-0.39, 0.29) is 5.91 Å². The van der Waals surface area contributed by atoms with Gasteiger partial charge >= 0.3 is 0 Å². The molecule has 0 aliphatic heterocycles. The highest BCUT2D eigenvalue weighted by molar-refractivity contribution is 5.92. The second-order valence-electron chi connectivity index (χ2n) is 6.00. The standard InChI is InChI=1S/C19H35NO/c1-5-7-8-9-10-11-12-13-14-15-17-20(16-6-2)19(21)18(3)4/h6H,2-3,5,7-17H2,1,4H3. The lowest BCUT2D eigenvalue weighted by Crippen LogP contribution is -2.32. The van der Waals surface area contributed by atoms with Crippen molar-refractivity contribution in [3.05, 3.63) is 24.8 Å². The fourth-order valence-corrected chi connectivity index (χ4v) is 2.49. The van der Waals surface area contributed by atoms with Crippen LogP contribution in [0.25, 0.3) is 0 Å². The molecule has 0 aromatic heterocycles. The molecule has 0 spiro atoms. The summed E-state index contributed by atoms with van der Waals surface area (Å²) in [5, 5.41) is 0. The summed E-state index contributed by atoms with van der Waals surface area (Å²) < 4.78 is 0. The molecule has 0 atom stereocenters. The number of rotatable bonds is 14. The third kappa shape index (κ3) is 11.3. The third-order valence-electron chi connectivity index (χ3n) is 3.78. The van der Waals surface area contributed by atoms with Crippen LogP contribution in [0.3, 0.4) is 0 Å². The molecule has 0 unspecified atom stereocenters. The minimum atomic E-state index is 0.0609. The molecular formula is C19H35NO. The number of hydrogen-bond acceptors (Lipinski definition) is 1. The molecule has 2 nitrogen and oxygen atoms in total. The average molecular weight is 293 g/mol. The molecule has 1 amide bonds. The molecule has 2 heteroatoms. The highest BCUT2D eigenvalue weighted by Crippen LogP contribution is 2.11. The van der Waals surface area contributed by atoms with Gasteiger partial charge in [-0.3, -0.25) is 4.79 Å². The molecule has 0 N–H and O–H groups in total. The van der Waals surface area contributed by atoms with Gasteiger partial charge in [-0.05, 0) is 13.3 Å². The first kappa shape index (κ1) is 19.9. The van der Waals surface area contributed by atoms with Crippen molar-refractivity contribution < 1.29 is 4.79 Å². The van der Waals surface area contributed by atoms with E-state index in [1.165, 1.54) is 57.8 Å². The van der Waals surface area contributed by atoms with Gasteiger partial charge in [-0.2, -0.15) is 0 Å². The quantitative estimate of drug-likeness (QED) is 0.235. The molecule has 21 heavy (non-hydrogen) atoms. The second kappa shape index (κ2) is 13.9. The van der Waals surface area contributed by atoms with E-state index in [9.17, 15) is 4.79 Å². The van der Waals surface area contributed by atoms with Gasteiger partial charge < -0.3 is 4.90 Å². The van der Waals surface area contributed by atoms with Gasteiger partial charge in [0.25, 0.3) is 0 Å². The van der Waals surface area contributed by atoms with Crippen LogP contribution in [0.2, 0.25) is 0 Å². The first-order chi connectivity index (χ1) is 10.1. The zero-order valence-electron chi connectivity index (χ0n) is 14.3. The highest BCUT2D eigenvalue weighted by atomic mass is 16.2. The van der Waals surface area contributed by atoms with Crippen molar-refractivity contribution in [3.8, 4) is 0 Å². The normalized spacial score (nSPS) is 10.4.